The molecule has 42 heavy (non-hydrogen) atoms. The smallest absolute Gasteiger partial charge is 0.270 e. The van der Waals surface area contributed by atoms with E-state index in [2.05, 4.69) is 17.6 Å². The minimum absolute atomic E-state index is 0.0151. The molecule has 2 atom stereocenters. The van der Waals surface area contributed by atoms with Crippen LogP contribution < -0.4 is 15.0 Å². The maximum atomic E-state index is 13.5. The van der Waals surface area contributed by atoms with Crippen LogP contribution in [0.5, 0.6) is 11.5 Å². The number of thiazole rings is 1. The van der Waals surface area contributed by atoms with Gasteiger partial charge in [-0.05, 0) is 97.8 Å². The normalized spacial score (nSPS) is 24.4. The van der Waals surface area contributed by atoms with Crippen LogP contribution in [0.15, 0.2) is 89.8 Å². The van der Waals surface area contributed by atoms with Gasteiger partial charge in [-0.3, -0.25) is 19.8 Å². The first-order valence-electron chi connectivity index (χ1n) is 14.2. The van der Waals surface area contributed by atoms with Crippen molar-refractivity contribution >= 4 is 52.2 Å². The number of nitrogens with zero attached hydrogens (tertiary/aromatic N) is 2. The number of hydrogen-bond donors (Lipinski definition) is 1. The molecule has 2 heterocycles. The van der Waals surface area contributed by atoms with Crippen LogP contribution in [-0.2, 0) is 15.0 Å². The molecule has 0 spiro atoms. The van der Waals surface area contributed by atoms with Crippen LogP contribution in [0.4, 0.5) is 5.69 Å². The Bertz CT molecular complexity index is 1700. The molecule has 3 aliphatic rings. The molecule has 2 amide bonds. The third kappa shape index (κ3) is 4.95. The molecule has 0 radical (unpaired) electrons. The van der Waals surface area contributed by atoms with E-state index in [4.69, 9.17) is 21.9 Å². The molecule has 1 N–H and O–H groups in total. The largest absolute Gasteiger partial charge is 0.457 e. The van der Waals surface area contributed by atoms with Crippen molar-refractivity contribution in [2.24, 2.45) is 11.8 Å². The number of hydrogen-bond acceptors (Lipinski definition) is 6. The summed E-state index contributed by atoms with van der Waals surface area (Å²) in [6.07, 6.45) is 6.83. The maximum Gasteiger partial charge on any atom is 0.270 e. The Morgan fingerprint density at radius 1 is 0.952 bits per heavy atom. The minimum atomic E-state index is -0.516. The number of anilines is 1. The van der Waals surface area contributed by atoms with Crippen LogP contribution in [0.3, 0.4) is 0 Å². The molecule has 1 aliphatic heterocycles. The third-order valence-corrected chi connectivity index (χ3v) is 9.94. The van der Waals surface area contributed by atoms with Gasteiger partial charge >= 0.3 is 0 Å². The summed E-state index contributed by atoms with van der Waals surface area (Å²) < 4.78 is 5.85. The van der Waals surface area contributed by atoms with Gasteiger partial charge in [0.2, 0.25) is 0 Å². The standard InChI is InChI=1S/C34H29N3O3S2/c1-34(18-23-11-12-24(23)19-34)29-20-42-31(35-29)22-9-7-21(8-10-22)17-28-30(38)36-33(41)37(32(28)39)25-13-15-27(16-14-25)40-26-5-3-2-4-6-26/h2-10,13-17,20,23-24H,11-12,18-19H2,1H3,(H,36,38,41). The summed E-state index contributed by atoms with van der Waals surface area (Å²) in [5.41, 5.74) is 3.71. The number of thiocarbonyl (C=S) groups is 1. The number of rotatable bonds is 6. The van der Waals surface area contributed by atoms with Crippen molar-refractivity contribution in [3.05, 3.63) is 101 Å². The number of aromatic nitrogens is 1. The number of ether oxygens (including phenoxy) is 1. The number of carbonyl (C=O) groups is 2. The lowest BCUT2D eigenvalue weighted by atomic mass is 9.77. The molecule has 2 saturated carbocycles. The van der Waals surface area contributed by atoms with Gasteiger partial charge in [0.15, 0.2) is 5.11 Å². The highest BCUT2D eigenvalue weighted by Gasteiger charge is 2.48. The summed E-state index contributed by atoms with van der Waals surface area (Å²) in [4.78, 5) is 32.7. The average molecular weight is 592 g/mol. The van der Waals surface area contributed by atoms with Crippen LogP contribution in [0.1, 0.15) is 43.9 Å². The molecule has 8 heteroatoms. The van der Waals surface area contributed by atoms with Crippen molar-refractivity contribution in [2.75, 3.05) is 4.90 Å². The maximum absolute atomic E-state index is 13.5. The first-order chi connectivity index (χ1) is 20.4. The van der Waals surface area contributed by atoms with Crippen molar-refractivity contribution in [3.63, 3.8) is 0 Å². The second-order valence-electron chi connectivity index (χ2n) is 11.6. The third-order valence-electron chi connectivity index (χ3n) is 8.77. The lowest BCUT2D eigenvalue weighted by Gasteiger charge is -2.29. The Balaban J connectivity index is 1.08. The van der Waals surface area contributed by atoms with E-state index >= 15 is 0 Å². The molecule has 1 aromatic heterocycles. The molecule has 6 nitrogen and oxygen atoms in total. The molecule has 7 rings (SSSR count). The predicted octanol–water partition coefficient (Wildman–Crippen LogP) is 7.51. The minimum Gasteiger partial charge on any atom is -0.457 e. The van der Waals surface area contributed by atoms with Gasteiger partial charge in [-0.2, -0.15) is 0 Å². The number of amides is 2. The molecule has 1 saturated heterocycles. The van der Waals surface area contributed by atoms with Crippen molar-refractivity contribution in [1.29, 1.82) is 0 Å². The SMILES string of the molecule is CC1(c2csc(-c3ccc(C=C4C(=O)NC(=S)N(c5ccc(Oc6ccccc6)cc5)C4=O)cc3)n2)CC2CCC2C1. The van der Waals surface area contributed by atoms with E-state index in [1.165, 1.54) is 36.3 Å². The van der Waals surface area contributed by atoms with Crippen molar-refractivity contribution < 1.29 is 14.3 Å². The zero-order valence-electron chi connectivity index (χ0n) is 23.1. The van der Waals surface area contributed by atoms with Crippen LogP contribution >= 0.6 is 23.6 Å². The lowest BCUT2D eigenvalue weighted by molar-refractivity contribution is -0.122. The summed E-state index contributed by atoms with van der Waals surface area (Å²) in [6, 6.07) is 24.3. The van der Waals surface area contributed by atoms with Gasteiger partial charge in [0.05, 0.1) is 11.4 Å². The van der Waals surface area contributed by atoms with E-state index < -0.39 is 11.8 Å². The number of para-hydroxylation sites is 1. The molecule has 0 bridgehead atoms. The second-order valence-corrected chi connectivity index (χ2v) is 12.8. The molecule has 2 aliphatic carbocycles. The van der Waals surface area contributed by atoms with E-state index in [9.17, 15) is 9.59 Å². The quantitative estimate of drug-likeness (QED) is 0.143. The first kappa shape index (κ1) is 26.7. The first-order valence-corrected chi connectivity index (χ1v) is 15.5. The molecular weight excluding hydrogens is 563 g/mol. The number of benzene rings is 3. The van der Waals surface area contributed by atoms with Crippen molar-refractivity contribution in [1.82, 2.24) is 10.3 Å². The van der Waals surface area contributed by atoms with E-state index in [0.29, 0.717) is 17.2 Å². The number of carbonyl (C=O) groups excluding carboxylic acids is 2. The topological polar surface area (TPSA) is 71.5 Å². The molecule has 4 aromatic rings. The second kappa shape index (κ2) is 10.6. The summed E-state index contributed by atoms with van der Waals surface area (Å²) in [5, 5.41) is 5.91. The Morgan fingerprint density at radius 3 is 2.29 bits per heavy atom. The monoisotopic (exact) mass is 591 g/mol. The van der Waals surface area contributed by atoms with Gasteiger partial charge in [0, 0.05) is 16.4 Å². The lowest BCUT2D eigenvalue weighted by Crippen LogP contribution is -2.54. The summed E-state index contributed by atoms with van der Waals surface area (Å²) >= 11 is 7.04. The van der Waals surface area contributed by atoms with Gasteiger partial charge in [-0.25, -0.2) is 4.98 Å². The predicted molar refractivity (Wildman–Crippen MR) is 170 cm³/mol. The van der Waals surface area contributed by atoms with Gasteiger partial charge in [0.25, 0.3) is 11.8 Å². The van der Waals surface area contributed by atoms with E-state index in [-0.39, 0.29) is 16.1 Å². The molecular formula is C34H29N3O3S2. The number of fused-ring (bicyclic) bond motifs is 1. The average Bonchev–Trinajstić information content (AvgIpc) is 3.57. The Labute approximate surface area is 254 Å². The zero-order chi connectivity index (χ0) is 28.8. The number of nitrogens with one attached hydrogen (secondary N) is 1. The van der Waals surface area contributed by atoms with Crippen LogP contribution in [0, 0.1) is 11.8 Å². The van der Waals surface area contributed by atoms with Crippen LogP contribution in [0.25, 0.3) is 16.6 Å². The molecule has 2 unspecified atom stereocenters. The summed E-state index contributed by atoms with van der Waals surface area (Å²) in [7, 11) is 0. The summed E-state index contributed by atoms with van der Waals surface area (Å²) in [6.45, 7) is 2.37. The van der Waals surface area contributed by atoms with E-state index in [1.54, 1.807) is 41.7 Å². The molecule has 210 valence electrons. The van der Waals surface area contributed by atoms with Crippen LogP contribution in [-0.4, -0.2) is 21.9 Å². The fourth-order valence-corrected chi connectivity index (χ4v) is 7.64. The van der Waals surface area contributed by atoms with Gasteiger partial charge in [0.1, 0.15) is 22.1 Å². The van der Waals surface area contributed by atoms with Gasteiger partial charge in [-0.1, -0.05) is 49.4 Å². The fraction of sp³-hybridized carbons (Fsp3) is 0.235. The molecule has 3 fully saturated rings. The Morgan fingerprint density at radius 2 is 1.62 bits per heavy atom. The highest BCUT2D eigenvalue weighted by Crippen LogP contribution is 2.56. The fourth-order valence-electron chi connectivity index (χ4n) is 6.38. The van der Waals surface area contributed by atoms with Gasteiger partial charge in [-0.15, -0.1) is 11.3 Å². The molecule has 3 aromatic carbocycles. The summed E-state index contributed by atoms with van der Waals surface area (Å²) in [5.74, 6) is 2.10. The highest BCUT2D eigenvalue weighted by molar-refractivity contribution is 7.80. The van der Waals surface area contributed by atoms with E-state index in [1.807, 2.05) is 54.6 Å². The van der Waals surface area contributed by atoms with E-state index in [0.717, 1.165) is 28.0 Å². The zero-order valence-corrected chi connectivity index (χ0v) is 24.7. The Kier molecular flexibility index (Phi) is 6.75. The highest BCUT2D eigenvalue weighted by atomic mass is 32.1. The van der Waals surface area contributed by atoms with Crippen LogP contribution in [0.2, 0.25) is 0 Å². The van der Waals surface area contributed by atoms with Gasteiger partial charge < -0.3 is 4.74 Å². The van der Waals surface area contributed by atoms with Crippen molar-refractivity contribution in [3.8, 4) is 22.1 Å². The Hall–Kier alpha value is -4.14. The van der Waals surface area contributed by atoms with Crippen molar-refractivity contribution in [2.45, 2.75) is 38.0 Å².